The SMILES string of the molecule is CNC(=O)CS(=O)(=O)c1ccc(Cl)cc1NS(=O)(=O)c1ccc(Cl)c(C(F)(F)F)c1. The fourth-order valence-electron chi connectivity index (χ4n) is 2.27. The number of halogens is 5. The molecule has 1 amide bonds. The minimum atomic E-state index is -4.92. The summed E-state index contributed by atoms with van der Waals surface area (Å²) in [4.78, 5) is 10.1. The lowest BCUT2D eigenvalue weighted by molar-refractivity contribution is -0.137. The molecule has 2 rings (SSSR count). The van der Waals surface area contributed by atoms with Gasteiger partial charge in [0.15, 0.2) is 9.84 Å². The molecule has 2 aromatic rings. The molecular formula is C16H13Cl2F3N2O5S2. The topological polar surface area (TPSA) is 109 Å². The van der Waals surface area contributed by atoms with Crippen LogP contribution in [0.2, 0.25) is 10.0 Å². The van der Waals surface area contributed by atoms with E-state index in [1.54, 1.807) is 0 Å². The highest BCUT2D eigenvalue weighted by molar-refractivity contribution is 7.93. The van der Waals surface area contributed by atoms with Crippen LogP contribution >= 0.6 is 23.2 Å². The number of carbonyl (C=O) groups excluding carboxylic acids is 1. The van der Waals surface area contributed by atoms with Crippen LogP contribution in [0.4, 0.5) is 18.9 Å². The summed E-state index contributed by atoms with van der Waals surface area (Å²) in [7, 11) is -7.78. The summed E-state index contributed by atoms with van der Waals surface area (Å²) in [6.07, 6.45) is -4.92. The third-order valence-corrected chi connectivity index (χ3v) is 7.27. The highest BCUT2D eigenvalue weighted by Crippen LogP contribution is 2.36. The molecule has 2 N–H and O–H groups in total. The first-order valence-electron chi connectivity index (χ1n) is 7.80. The Morgan fingerprint density at radius 3 is 2.23 bits per heavy atom. The van der Waals surface area contributed by atoms with Crippen LogP contribution in [-0.4, -0.2) is 35.5 Å². The second-order valence-electron chi connectivity index (χ2n) is 5.82. The third-order valence-electron chi connectivity index (χ3n) is 3.67. The largest absolute Gasteiger partial charge is 0.417 e. The Bertz CT molecular complexity index is 1200. The van der Waals surface area contributed by atoms with Crippen LogP contribution in [-0.2, 0) is 30.8 Å². The van der Waals surface area contributed by atoms with Crippen molar-refractivity contribution in [2.24, 2.45) is 0 Å². The Kier molecular flexibility index (Phi) is 6.96. The second-order valence-corrected chi connectivity index (χ2v) is 10.3. The van der Waals surface area contributed by atoms with E-state index in [1.165, 1.54) is 7.05 Å². The first kappa shape index (κ1) is 24.3. The maximum Gasteiger partial charge on any atom is 0.417 e. The van der Waals surface area contributed by atoms with Gasteiger partial charge in [-0.2, -0.15) is 13.2 Å². The van der Waals surface area contributed by atoms with Crippen LogP contribution in [0.1, 0.15) is 5.56 Å². The molecule has 0 saturated heterocycles. The molecule has 0 saturated carbocycles. The van der Waals surface area contributed by atoms with E-state index >= 15 is 0 Å². The van der Waals surface area contributed by atoms with Crippen LogP contribution in [0.25, 0.3) is 0 Å². The molecule has 0 radical (unpaired) electrons. The van der Waals surface area contributed by atoms with Crippen LogP contribution < -0.4 is 10.0 Å². The molecule has 2 aromatic carbocycles. The molecule has 0 spiro atoms. The lowest BCUT2D eigenvalue weighted by Crippen LogP contribution is -2.27. The summed E-state index contributed by atoms with van der Waals surface area (Å²) in [5.41, 5.74) is -1.92. The summed E-state index contributed by atoms with van der Waals surface area (Å²) in [6, 6.07) is 4.97. The maximum atomic E-state index is 13.0. The molecule has 7 nitrogen and oxygen atoms in total. The monoisotopic (exact) mass is 504 g/mol. The minimum absolute atomic E-state index is 0.0568. The molecule has 14 heteroatoms. The van der Waals surface area contributed by atoms with Crippen molar-refractivity contribution in [3.05, 3.63) is 52.0 Å². The zero-order valence-electron chi connectivity index (χ0n) is 14.9. The van der Waals surface area contributed by atoms with E-state index in [4.69, 9.17) is 23.2 Å². The number of hydrogen-bond acceptors (Lipinski definition) is 5. The number of amides is 1. The van der Waals surface area contributed by atoms with Crippen molar-refractivity contribution in [3.63, 3.8) is 0 Å². The highest BCUT2D eigenvalue weighted by atomic mass is 35.5. The van der Waals surface area contributed by atoms with Crippen LogP contribution in [0, 0.1) is 0 Å². The van der Waals surface area contributed by atoms with Crippen molar-refractivity contribution in [2.45, 2.75) is 16.0 Å². The van der Waals surface area contributed by atoms with E-state index in [9.17, 15) is 34.8 Å². The minimum Gasteiger partial charge on any atom is -0.358 e. The average molecular weight is 505 g/mol. The fourth-order valence-corrected chi connectivity index (χ4v) is 5.19. The Hall–Kier alpha value is -2.02. The smallest absolute Gasteiger partial charge is 0.358 e. The molecule has 0 aliphatic rings. The molecule has 30 heavy (non-hydrogen) atoms. The van der Waals surface area contributed by atoms with Gasteiger partial charge in [-0.1, -0.05) is 23.2 Å². The fraction of sp³-hybridized carbons (Fsp3) is 0.188. The molecular weight excluding hydrogens is 492 g/mol. The van der Waals surface area contributed by atoms with Gasteiger partial charge in [-0.25, -0.2) is 16.8 Å². The third kappa shape index (κ3) is 5.56. The van der Waals surface area contributed by atoms with Gasteiger partial charge in [0.25, 0.3) is 10.0 Å². The lowest BCUT2D eigenvalue weighted by Gasteiger charge is -2.15. The maximum absolute atomic E-state index is 13.0. The van der Waals surface area contributed by atoms with Crippen molar-refractivity contribution < 1.29 is 34.8 Å². The Labute approximate surface area is 180 Å². The number of sulfone groups is 1. The number of sulfonamides is 1. The van der Waals surface area contributed by atoms with E-state index in [1.807, 2.05) is 4.72 Å². The van der Waals surface area contributed by atoms with Gasteiger partial charge >= 0.3 is 6.18 Å². The lowest BCUT2D eigenvalue weighted by atomic mass is 10.2. The van der Waals surface area contributed by atoms with E-state index < -0.39 is 63.8 Å². The molecule has 164 valence electrons. The van der Waals surface area contributed by atoms with E-state index in [-0.39, 0.29) is 5.02 Å². The van der Waals surface area contributed by atoms with Gasteiger partial charge in [-0.05, 0) is 36.4 Å². The average Bonchev–Trinajstić information content (AvgIpc) is 2.59. The van der Waals surface area contributed by atoms with Gasteiger partial charge in [-0.3, -0.25) is 9.52 Å². The number of hydrogen-bond donors (Lipinski definition) is 2. The van der Waals surface area contributed by atoms with Gasteiger partial charge < -0.3 is 5.32 Å². The number of anilines is 1. The summed E-state index contributed by atoms with van der Waals surface area (Å²) < 4.78 is 91.2. The molecule has 0 aliphatic carbocycles. The van der Waals surface area contributed by atoms with E-state index in [0.29, 0.717) is 6.07 Å². The van der Waals surface area contributed by atoms with Gasteiger partial charge in [-0.15, -0.1) is 0 Å². The van der Waals surface area contributed by atoms with Gasteiger partial charge in [0.2, 0.25) is 5.91 Å². The molecule has 0 aliphatic heterocycles. The van der Waals surface area contributed by atoms with Crippen LogP contribution in [0.15, 0.2) is 46.2 Å². The van der Waals surface area contributed by atoms with Crippen molar-refractivity contribution in [3.8, 4) is 0 Å². The predicted molar refractivity (Wildman–Crippen MR) is 105 cm³/mol. The molecule has 0 bridgehead atoms. The van der Waals surface area contributed by atoms with Crippen LogP contribution in [0.3, 0.4) is 0 Å². The summed E-state index contributed by atoms with van der Waals surface area (Å²) in [5.74, 6) is -1.84. The number of benzene rings is 2. The predicted octanol–water partition coefficient (Wildman–Crippen LogP) is 3.33. The summed E-state index contributed by atoms with van der Waals surface area (Å²) >= 11 is 11.3. The number of alkyl halides is 3. The van der Waals surface area contributed by atoms with E-state index in [2.05, 4.69) is 5.32 Å². The molecule has 0 aromatic heterocycles. The van der Waals surface area contributed by atoms with Gasteiger partial charge in [0.05, 0.1) is 26.1 Å². The number of rotatable bonds is 6. The van der Waals surface area contributed by atoms with Crippen LogP contribution in [0.5, 0.6) is 0 Å². The number of carbonyl (C=O) groups is 1. The van der Waals surface area contributed by atoms with E-state index in [0.717, 1.165) is 30.3 Å². The molecule has 0 heterocycles. The molecule has 0 fully saturated rings. The Balaban J connectivity index is 2.55. The normalized spacial score (nSPS) is 12.5. The summed E-state index contributed by atoms with van der Waals surface area (Å²) in [6.45, 7) is 0. The zero-order chi connectivity index (χ0) is 22.9. The van der Waals surface area contributed by atoms with Crippen molar-refractivity contribution in [1.82, 2.24) is 5.32 Å². The van der Waals surface area contributed by atoms with Crippen molar-refractivity contribution in [2.75, 3.05) is 17.5 Å². The first-order valence-corrected chi connectivity index (χ1v) is 11.7. The summed E-state index contributed by atoms with van der Waals surface area (Å²) in [5, 5.41) is 1.35. The van der Waals surface area contributed by atoms with Gasteiger partial charge in [0, 0.05) is 12.1 Å². The van der Waals surface area contributed by atoms with Crippen molar-refractivity contribution in [1.29, 1.82) is 0 Å². The second kappa shape index (κ2) is 8.61. The van der Waals surface area contributed by atoms with Crippen molar-refractivity contribution >= 4 is 54.7 Å². The molecule has 0 unspecified atom stereocenters. The number of nitrogens with one attached hydrogen (secondary N) is 2. The quantitative estimate of drug-likeness (QED) is 0.626. The highest BCUT2D eigenvalue weighted by Gasteiger charge is 2.35. The zero-order valence-corrected chi connectivity index (χ0v) is 18.1. The standard InChI is InChI=1S/C16H13Cl2F3N2O5S2/c1-22-15(24)8-29(25,26)14-5-2-9(17)6-13(14)23-30(27,28)10-3-4-12(18)11(7-10)16(19,20)21/h2-7,23H,8H2,1H3,(H,22,24). The Morgan fingerprint density at radius 2 is 1.67 bits per heavy atom. The molecule has 0 atom stereocenters. The Morgan fingerprint density at radius 1 is 1.03 bits per heavy atom. The van der Waals surface area contributed by atoms with Gasteiger partial charge in [0.1, 0.15) is 5.75 Å². The first-order chi connectivity index (χ1) is 13.7.